The van der Waals surface area contributed by atoms with Crippen molar-refractivity contribution in [3.63, 3.8) is 0 Å². The lowest BCUT2D eigenvalue weighted by Gasteiger charge is -2.16. The van der Waals surface area contributed by atoms with Crippen LogP contribution in [0.15, 0.2) is 22.7 Å². The number of aliphatic hydroxyl groups excluding tert-OH is 1. The van der Waals surface area contributed by atoms with Gasteiger partial charge in [-0.3, -0.25) is 0 Å². The Morgan fingerprint density at radius 2 is 2.16 bits per heavy atom. The molecular weight excluding hydrogens is 306 g/mol. The van der Waals surface area contributed by atoms with Crippen LogP contribution in [-0.4, -0.2) is 17.8 Å². The molecule has 0 bridgehead atoms. The van der Waals surface area contributed by atoms with Gasteiger partial charge in [-0.1, -0.05) is 41.6 Å². The maximum atomic E-state index is 9.97. The van der Waals surface area contributed by atoms with Crippen LogP contribution in [0.4, 0.5) is 0 Å². The van der Waals surface area contributed by atoms with Crippen molar-refractivity contribution in [3.05, 3.63) is 28.2 Å². The van der Waals surface area contributed by atoms with Gasteiger partial charge in [0.2, 0.25) is 0 Å². The summed E-state index contributed by atoms with van der Waals surface area (Å²) in [6.07, 6.45) is 5.36. The van der Waals surface area contributed by atoms with Gasteiger partial charge < -0.3 is 9.84 Å². The van der Waals surface area contributed by atoms with Gasteiger partial charge in [-0.05, 0) is 30.5 Å². The summed E-state index contributed by atoms with van der Waals surface area (Å²) in [6, 6.07) is 7.41. The van der Waals surface area contributed by atoms with Crippen LogP contribution in [0.1, 0.15) is 37.7 Å². The lowest BCUT2D eigenvalue weighted by Crippen LogP contribution is -2.20. The summed E-state index contributed by atoms with van der Waals surface area (Å²) in [5, 5.41) is 19.0. The average Bonchev–Trinajstić information content (AvgIpc) is 2.90. The number of nitrogens with zero attached hydrogens (tertiary/aromatic N) is 1. The Hall–Kier alpha value is -1.05. The number of ether oxygens (including phenoxy) is 1. The Labute approximate surface area is 122 Å². The summed E-state index contributed by atoms with van der Waals surface area (Å²) < 4.78 is 6.41. The van der Waals surface area contributed by atoms with Crippen molar-refractivity contribution in [1.29, 1.82) is 5.26 Å². The monoisotopic (exact) mass is 323 g/mol. The molecule has 4 heteroatoms. The minimum atomic E-state index is -0.446. The van der Waals surface area contributed by atoms with E-state index in [4.69, 9.17) is 10.00 Å². The quantitative estimate of drug-likeness (QED) is 0.900. The number of hydrogen-bond donors (Lipinski definition) is 1. The molecule has 1 N–H and O–H groups in total. The van der Waals surface area contributed by atoms with Crippen LogP contribution in [0.3, 0.4) is 0 Å². The third-order valence-corrected chi connectivity index (χ3v) is 4.07. The highest BCUT2D eigenvalue weighted by Gasteiger charge is 2.19. The normalized spacial score (nSPS) is 17.1. The van der Waals surface area contributed by atoms with Crippen LogP contribution in [0, 0.1) is 17.2 Å². The highest BCUT2D eigenvalue weighted by atomic mass is 79.9. The third kappa shape index (κ3) is 4.22. The lowest BCUT2D eigenvalue weighted by atomic mass is 10.0. The van der Waals surface area contributed by atoms with E-state index in [2.05, 4.69) is 22.0 Å². The molecule has 1 aromatic carbocycles. The van der Waals surface area contributed by atoms with Gasteiger partial charge >= 0.3 is 0 Å². The van der Waals surface area contributed by atoms with E-state index in [1.54, 1.807) is 12.1 Å². The molecule has 1 fully saturated rings. The number of nitriles is 1. The molecule has 19 heavy (non-hydrogen) atoms. The second kappa shape index (κ2) is 6.93. The molecule has 0 heterocycles. The van der Waals surface area contributed by atoms with E-state index in [9.17, 15) is 5.11 Å². The molecule has 1 aromatic rings. The summed E-state index contributed by atoms with van der Waals surface area (Å²) in [4.78, 5) is 0. The summed E-state index contributed by atoms with van der Waals surface area (Å²) in [6.45, 7) is 0.257. The smallest absolute Gasteiger partial charge is 0.137 e. The number of halogens is 1. The van der Waals surface area contributed by atoms with E-state index in [1.807, 2.05) is 6.07 Å². The predicted molar refractivity (Wildman–Crippen MR) is 76.9 cm³/mol. The van der Waals surface area contributed by atoms with Gasteiger partial charge in [-0.15, -0.1) is 0 Å². The zero-order valence-corrected chi connectivity index (χ0v) is 12.4. The lowest BCUT2D eigenvalue weighted by molar-refractivity contribution is 0.0854. The van der Waals surface area contributed by atoms with Crippen LogP contribution >= 0.6 is 15.9 Å². The van der Waals surface area contributed by atoms with Gasteiger partial charge in [-0.2, -0.15) is 5.26 Å². The first-order chi connectivity index (χ1) is 9.19. The number of benzene rings is 1. The first kappa shape index (κ1) is 14.4. The molecular formula is C15H18BrNO2. The standard InChI is InChI=1S/C15H18BrNO2/c16-13-5-6-15(12(8-13)9-17)19-10-14(18)7-11-3-1-2-4-11/h5-6,8,11,14,18H,1-4,7,10H2. The molecule has 2 rings (SSSR count). The summed E-state index contributed by atoms with van der Waals surface area (Å²) >= 11 is 3.32. The van der Waals surface area contributed by atoms with Crippen molar-refractivity contribution in [3.8, 4) is 11.8 Å². The van der Waals surface area contributed by atoms with Gasteiger partial charge in [0.1, 0.15) is 18.4 Å². The fraction of sp³-hybridized carbons (Fsp3) is 0.533. The fourth-order valence-electron chi connectivity index (χ4n) is 2.60. The molecule has 0 spiro atoms. The Balaban J connectivity index is 1.86. The minimum absolute atomic E-state index is 0.257. The topological polar surface area (TPSA) is 53.2 Å². The average molecular weight is 324 g/mol. The molecule has 0 aliphatic heterocycles. The van der Waals surface area contributed by atoms with E-state index in [-0.39, 0.29) is 6.61 Å². The zero-order valence-electron chi connectivity index (χ0n) is 10.8. The van der Waals surface area contributed by atoms with E-state index in [0.717, 1.165) is 10.9 Å². The van der Waals surface area contributed by atoms with Crippen LogP contribution in [0.5, 0.6) is 5.75 Å². The molecule has 0 radical (unpaired) electrons. The van der Waals surface area contributed by atoms with Gasteiger partial charge in [0.15, 0.2) is 0 Å². The Bertz CT molecular complexity index is 464. The second-order valence-electron chi connectivity index (χ2n) is 5.10. The number of rotatable bonds is 5. The Kier molecular flexibility index (Phi) is 5.24. The highest BCUT2D eigenvalue weighted by Crippen LogP contribution is 2.29. The van der Waals surface area contributed by atoms with Crippen LogP contribution in [-0.2, 0) is 0 Å². The number of hydrogen-bond acceptors (Lipinski definition) is 3. The van der Waals surface area contributed by atoms with Crippen molar-refractivity contribution in [2.75, 3.05) is 6.61 Å². The molecule has 102 valence electrons. The largest absolute Gasteiger partial charge is 0.490 e. The van der Waals surface area contributed by atoms with E-state index in [1.165, 1.54) is 25.7 Å². The molecule has 0 aromatic heterocycles. The molecule has 3 nitrogen and oxygen atoms in total. The molecule has 0 saturated heterocycles. The molecule has 1 atom stereocenters. The van der Waals surface area contributed by atoms with Gasteiger partial charge in [-0.25, -0.2) is 0 Å². The third-order valence-electron chi connectivity index (χ3n) is 3.57. The summed E-state index contributed by atoms with van der Waals surface area (Å²) in [5.41, 5.74) is 0.488. The maximum absolute atomic E-state index is 9.97. The molecule has 1 aliphatic rings. The van der Waals surface area contributed by atoms with Crippen molar-refractivity contribution in [1.82, 2.24) is 0 Å². The van der Waals surface area contributed by atoms with Gasteiger partial charge in [0, 0.05) is 4.47 Å². The molecule has 1 aliphatic carbocycles. The Morgan fingerprint density at radius 3 is 2.84 bits per heavy atom. The van der Waals surface area contributed by atoms with Gasteiger partial charge in [0.25, 0.3) is 0 Å². The first-order valence-electron chi connectivity index (χ1n) is 6.69. The maximum Gasteiger partial charge on any atom is 0.137 e. The fourth-order valence-corrected chi connectivity index (χ4v) is 2.96. The Morgan fingerprint density at radius 1 is 1.42 bits per heavy atom. The second-order valence-corrected chi connectivity index (χ2v) is 6.02. The molecule has 1 unspecified atom stereocenters. The van der Waals surface area contributed by atoms with Crippen molar-refractivity contribution in [2.24, 2.45) is 5.92 Å². The predicted octanol–water partition coefficient (Wildman–Crippen LogP) is 3.64. The van der Waals surface area contributed by atoms with Crippen LogP contribution in [0.2, 0.25) is 0 Å². The van der Waals surface area contributed by atoms with Crippen molar-refractivity contribution < 1.29 is 9.84 Å². The minimum Gasteiger partial charge on any atom is -0.490 e. The summed E-state index contributed by atoms with van der Waals surface area (Å²) in [7, 11) is 0. The van der Waals surface area contributed by atoms with Crippen molar-refractivity contribution >= 4 is 15.9 Å². The van der Waals surface area contributed by atoms with E-state index in [0.29, 0.717) is 17.2 Å². The molecule has 0 amide bonds. The van der Waals surface area contributed by atoms with E-state index < -0.39 is 6.10 Å². The van der Waals surface area contributed by atoms with Crippen LogP contribution in [0.25, 0.3) is 0 Å². The first-order valence-corrected chi connectivity index (χ1v) is 7.49. The molecule has 1 saturated carbocycles. The van der Waals surface area contributed by atoms with E-state index >= 15 is 0 Å². The SMILES string of the molecule is N#Cc1cc(Br)ccc1OCC(O)CC1CCCC1. The van der Waals surface area contributed by atoms with Crippen LogP contribution < -0.4 is 4.74 Å². The summed E-state index contributed by atoms with van der Waals surface area (Å²) in [5.74, 6) is 1.18. The van der Waals surface area contributed by atoms with Crippen molar-refractivity contribution in [2.45, 2.75) is 38.2 Å². The zero-order chi connectivity index (χ0) is 13.7. The highest BCUT2D eigenvalue weighted by molar-refractivity contribution is 9.10. The number of aliphatic hydroxyl groups is 1. The van der Waals surface area contributed by atoms with Gasteiger partial charge in [0.05, 0.1) is 11.7 Å².